The highest BCUT2D eigenvalue weighted by Gasteiger charge is 2.29. The van der Waals surface area contributed by atoms with Crippen molar-refractivity contribution in [2.24, 2.45) is 0 Å². The van der Waals surface area contributed by atoms with Gasteiger partial charge in [-0.2, -0.15) is 0 Å². The number of rotatable bonds is 5. The van der Waals surface area contributed by atoms with Crippen molar-refractivity contribution in [3.05, 3.63) is 23.8 Å². The fourth-order valence-electron chi connectivity index (χ4n) is 2.20. The van der Waals surface area contributed by atoms with Crippen LogP contribution in [0.4, 0.5) is 5.69 Å². The molecule has 0 aromatic heterocycles. The summed E-state index contributed by atoms with van der Waals surface area (Å²) in [6.45, 7) is 4.97. The molecule has 94 valence electrons. The van der Waals surface area contributed by atoms with E-state index in [1.54, 1.807) is 7.11 Å². The monoisotopic (exact) mass is 235 g/mol. The van der Waals surface area contributed by atoms with Gasteiger partial charge in [-0.1, -0.05) is 0 Å². The maximum atomic E-state index is 5.55. The minimum absolute atomic E-state index is 0.455. The molecule has 1 aliphatic carbocycles. The second kappa shape index (κ2) is 5.41. The van der Waals surface area contributed by atoms with Crippen molar-refractivity contribution in [3.8, 4) is 5.75 Å². The van der Waals surface area contributed by atoms with Gasteiger partial charge >= 0.3 is 0 Å². The number of ether oxygens (including phenoxy) is 2. The van der Waals surface area contributed by atoms with Crippen molar-refractivity contribution in [1.29, 1.82) is 0 Å². The quantitative estimate of drug-likeness (QED) is 0.851. The zero-order chi connectivity index (χ0) is 12.3. The maximum Gasteiger partial charge on any atom is 0.119 e. The zero-order valence-corrected chi connectivity index (χ0v) is 10.8. The highest BCUT2D eigenvalue weighted by atomic mass is 16.5. The third-order valence-corrected chi connectivity index (χ3v) is 3.29. The first-order valence-corrected chi connectivity index (χ1v) is 6.25. The summed E-state index contributed by atoms with van der Waals surface area (Å²) in [5, 5.41) is 3.55. The Kier molecular flexibility index (Phi) is 3.89. The Morgan fingerprint density at radius 1 is 1.35 bits per heavy atom. The second-order valence-electron chi connectivity index (χ2n) is 4.57. The van der Waals surface area contributed by atoms with Gasteiger partial charge in [0.2, 0.25) is 0 Å². The molecule has 0 spiro atoms. The first-order valence-electron chi connectivity index (χ1n) is 6.25. The molecule has 3 heteroatoms. The number of hydrogen-bond donors (Lipinski definition) is 1. The molecule has 1 saturated carbocycles. The van der Waals surface area contributed by atoms with Crippen molar-refractivity contribution < 1.29 is 9.47 Å². The van der Waals surface area contributed by atoms with Crippen molar-refractivity contribution >= 4 is 5.69 Å². The van der Waals surface area contributed by atoms with Gasteiger partial charge in [0.1, 0.15) is 5.75 Å². The Bertz CT molecular complexity index is 372. The molecular formula is C14H21NO2. The number of benzene rings is 1. The van der Waals surface area contributed by atoms with E-state index in [0.29, 0.717) is 12.1 Å². The third-order valence-electron chi connectivity index (χ3n) is 3.29. The molecule has 0 amide bonds. The fourth-order valence-corrected chi connectivity index (χ4v) is 2.20. The van der Waals surface area contributed by atoms with Crippen molar-refractivity contribution in [3.63, 3.8) is 0 Å². The molecule has 3 nitrogen and oxygen atoms in total. The maximum absolute atomic E-state index is 5.55. The van der Waals surface area contributed by atoms with Crippen molar-refractivity contribution in [2.45, 2.75) is 38.8 Å². The highest BCUT2D eigenvalue weighted by molar-refractivity contribution is 5.54. The fraction of sp³-hybridized carbons (Fsp3) is 0.571. The molecule has 0 aliphatic heterocycles. The Morgan fingerprint density at radius 3 is 2.71 bits per heavy atom. The van der Waals surface area contributed by atoms with E-state index in [9.17, 15) is 0 Å². The van der Waals surface area contributed by atoms with Gasteiger partial charge in [-0.05, 0) is 50.5 Å². The molecule has 0 bridgehead atoms. The summed E-state index contributed by atoms with van der Waals surface area (Å²) in [5.41, 5.74) is 2.43. The molecule has 1 aliphatic rings. The number of hydrogen-bond acceptors (Lipinski definition) is 3. The van der Waals surface area contributed by atoms with Gasteiger partial charge in [-0.3, -0.25) is 0 Å². The first kappa shape index (κ1) is 12.2. The number of aryl methyl sites for hydroxylation is 1. The van der Waals surface area contributed by atoms with Crippen LogP contribution in [-0.2, 0) is 4.74 Å². The smallest absolute Gasteiger partial charge is 0.119 e. The predicted octanol–water partition coefficient (Wildman–Crippen LogP) is 2.98. The van der Waals surface area contributed by atoms with Crippen LogP contribution >= 0.6 is 0 Å². The molecule has 17 heavy (non-hydrogen) atoms. The van der Waals surface area contributed by atoms with E-state index in [1.807, 2.05) is 13.0 Å². The van der Waals surface area contributed by atoms with Crippen LogP contribution in [-0.4, -0.2) is 25.9 Å². The Morgan fingerprint density at radius 2 is 2.12 bits per heavy atom. The van der Waals surface area contributed by atoms with Crippen LogP contribution < -0.4 is 10.1 Å². The molecule has 0 heterocycles. The lowest BCUT2D eigenvalue weighted by atomic mass is 9.89. The van der Waals surface area contributed by atoms with E-state index >= 15 is 0 Å². The molecule has 2 rings (SSSR count). The van der Waals surface area contributed by atoms with Crippen LogP contribution in [0.5, 0.6) is 5.75 Å². The van der Waals surface area contributed by atoms with Crippen LogP contribution in [0.2, 0.25) is 0 Å². The Labute approximate surface area is 103 Å². The van der Waals surface area contributed by atoms with Gasteiger partial charge in [0.15, 0.2) is 0 Å². The van der Waals surface area contributed by atoms with Crippen molar-refractivity contribution in [1.82, 2.24) is 0 Å². The number of nitrogens with one attached hydrogen (secondary N) is 1. The second-order valence-corrected chi connectivity index (χ2v) is 4.57. The molecule has 1 N–H and O–H groups in total. The van der Waals surface area contributed by atoms with Crippen LogP contribution in [0.1, 0.15) is 25.3 Å². The zero-order valence-electron chi connectivity index (χ0n) is 10.8. The molecule has 0 saturated heterocycles. The van der Waals surface area contributed by atoms with Gasteiger partial charge in [0, 0.05) is 18.3 Å². The van der Waals surface area contributed by atoms with E-state index < -0.39 is 0 Å². The minimum Gasteiger partial charge on any atom is -0.497 e. The average molecular weight is 235 g/mol. The Balaban J connectivity index is 1.88. The highest BCUT2D eigenvalue weighted by Crippen LogP contribution is 2.29. The van der Waals surface area contributed by atoms with E-state index in [0.717, 1.165) is 25.2 Å². The normalized spacial score (nSPS) is 23.0. The third kappa shape index (κ3) is 2.91. The van der Waals surface area contributed by atoms with E-state index in [2.05, 4.69) is 24.4 Å². The minimum atomic E-state index is 0.455. The van der Waals surface area contributed by atoms with Crippen LogP contribution in [0.25, 0.3) is 0 Å². The average Bonchev–Trinajstić information content (AvgIpc) is 2.28. The number of methoxy groups -OCH3 is 1. The summed E-state index contributed by atoms with van der Waals surface area (Å²) in [4.78, 5) is 0. The molecule has 0 unspecified atom stereocenters. The van der Waals surface area contributed by atoms with E-state index in [4.69, 9.17) is 9.47 Å². The SMILES string of the molecule is CCOC1CC(Nc2ccc(OC)cc2C)C1. The lowest BCUT2D eigenvalue weighted by Gasteiger charge is -2.36. The Hall–Kier alpha value is -1.22. The van der Waals surface area contributed by atoms with Crippen LogP contribution in [0.3, 0.4) is 0 Å². The molecule has 1 fully saturated rings. The van der Waals surface area contributed by atoms with Gasteiger partial charge in [0.05, 0.1) is 13.2 Å². The summed E-state index contributed by atoms with van der Waals surface area (Å²) in [7, 11) is 1.69. The predicted molar refractivity (Wildman–Crippen MR) is 69.8 cm³/mol. The van der Waals surface area contributed by atoms with Crippen molar-refractivity contribution in [2.75, 3.05) is 19.0 Å². The van der Waals surface area contributed by atoms with E-state index in [-0.39, 0.29) is 0 Å². The summed E-state index contributed by atoms with van der Waals surface area (Å²) >= 11 is 0. The van der Waals surface area contributed by atoms with Gasteiger partial charge in [-0.25, -0.2) is 0 Å². The lowest BCUT2D eigenvalue weighted by Crippen LogP contribution is -2.40. The standard InChI is InChI=1S/C14H21NO2/c1-4-17-13-8-11(9-13)15-14-6-5-12(16-3)7-10(14)2/h5-7,11,13,15H,4,8-9H2,1-3H3. The molecular weight excluding hydrogens is 214 g/mol. The van der Waals surface area contributed by atoms with Gasteiger partial charge in [0.25, 0.3) is 0 Å². The molecule has 1 aromatic rings. The van der Waals surface area contributed by atoms with E-state index in [1.165, 1.54) is 11.3 Å². The number of anilines is 1. The topological polar surface area (TPSA) is 30.5 Å². The molecule has 0 radical (unpaired) electrons. The summed E-state index contributed by atoms with van der Waals surface area (Å²) in [5.74, 6) is 0.911. The van der Waals surface area contributed by atoms with Gasteiger partial charge < -0.3 is 14.8 Å². The summed E-state index contributed by atoms with van der Waals surface area (Å²) in [6, 6.07) is 6.69. The van der Waals surface area contributed by atoms with Gasteiger partial charge in [-0.15, -0.1) is 0 Å². The molecule has 0 atom stereocenters. The first-order chi connectivity index (χ1) is 8.22. The lowest BCUT2D eigenvalue weighted by molar-refractivity contribution is 0.00298. The molecule has 1 aromatic carbocycles. The summed E-state index contributed by atoms with van der Waals surface area (Å²) in [6.07, 6.45) is 2.68. The largest absolute Gasteiger partial charge is 0.497 e. The summed E-state index contributed by atoms with van der Waals surface area (Å²) < 4.78 is 10.7. The van der Waals surface area contributed by atoms with Crippen LogP contribution in [0, 0.1) is 6.92 Å². The van der Waals surface area contributed by atoms with Crippen LogP contribution in [0.15, 0.2) is 18.2 Å².